The maximum absolute atomic E-state index is 2.33. The van der Waals surface area contributed by atoms with Crippen molar-refractivity contribution in [3.63, 3.8) is 0 Å². The molecule has 0 aliphatic heterocycles. The predicted octanol–water partition coefficient (Wildman–Crippen LogP) is 6.55. The fourth-order valence-corrected chi connectivity index (χ4v) is 7.96. The zero-order valence-corrected chi connectivity index (χ0v) is 16.0. The molecule has 1 saturated carbocycles. The lowest BCUT2D eigenvalue weighted by molar-refractivity contribution is 1.03. The summed E-state index contributed by atoms with van der Waals surface area (Å²) < 4.78 is 0.269. The molecule has 0 saturated heterocycles. The van der Waals surface area contributed by atoms with Crippen molar-refractivity contribution in [1.82, 2.24) is 0 Å². The summed E-state index contributed by atoms with van der Waals surface area (Å²) in [5, 5.41) is 1.28. The van der Waals surface area contributed by atoms with E-state index in [1.807, 2.05) is 0 Å². The highest BCUT2D eigenvalue weighted by molar-refractivity contribution is 8.19. The summed E-state index contributed by atoms with van der Waals surface area (Å²) in [7, 11) is 0. The van der Waals surface area contributed by atoms with Crippen LogP contribution in [0, 0.1) is 0 Å². The minimum atomic E-state index is 0.269. The second-order valence-corrected chi connectivity index (χ2v) is 10.8. The van der Waals surface area contributed by atoms with Gasteiger partial charge in [0, 0.05) is 22.3 Å². The van der Waals surface area contributed by atoms with Crippen LogP contribution >= 0.6 is 23.5 Å². The van der Waals surface area contributed by atoms with Crippen molar-refractivity contribution < 1.29 is 0 Å². The van der Waals surface area contributed by atoms with Crippen LogP contribution in [0.15, 0.2) is 60.7 Å². The van der Waals surface area contributed by atoms with Crippen LogP contribution in [0.5, 0.6) is 0 Å². The van der Waals surface area contributed by atoms with E-state index in [9.17, 15) is 0 Å². The normalized spacial score (nSPS) is 22.5. The molecule has 1 aliphatic rings. The Morgan fingerprint density at radius 3 is 1.30 bits per heavy atom. The third kappa shape index (κ3) is 3.49. The van der Waals surface area contributed by atoms with Gasteiger partial charge in [-0.2, -0.15) is 0 Å². The van der Waals surface area contributed by atoms with Crippen molar-refractivity contribution >= 4 is 23.5 Å². The van der Waals surface area contributed by atoms with Crippen LogP contribution in [-0.2, 0) is 0 Å². The van der Waals surface area contributed by atoms with Crippen LogP contribution in [0.4, 0.5) is 0 Å². The quantitative estimate of drug-likeness (QED) is 0.546. The lowest BCUT2D eigenvalue weighted by atomic mass is 10.0. The van der Waals surface area contributed by atoms with Gasteiger partial charge in [0.15, 0.2) is 0 Å². The van der Waals surface area contributed by atoms with Crippen LogP contribution in [0.2, 0.25) is 0 Å². The maximum atomic E-state index is 2.33. The van der Waals surface area contributed by atoms with Crippen molar-refractivity contribution in [2.24, 2.45) is 0 Å². The highest BCUT2D eigenvalue weighted by atomic mass is 32.2. The van der Waals surface area contributed by atoms with Crippen molar-refractivity contribution in [3.8, 4) is 0 Å². The molecule has 2 atom stereocenters. The van der Waals surface area contributed by atoms with Crippen LogP contribution in [0.3, 0.4) is 0 Å². The van der Waals surface area contributed by atoms with Gasteiger partial charge in [-0.15, -0.1) is 23.5 Å². The Bertz CT molecular complexity index is 561. The minimum absolute atomic E-state index is 0.269. The van der Waals surface area contributed by atoms with Gasteiger partial charge in [0.2, 0.25) is 0 Å². The van der Waals surface area contributed by atoms with Crippen molar-refractivity contribution in [2.45, 2.75) is 54.1 Å². The molecule has 0 bridgehead atoms. The molecule has 0 aromatic heterocycles. The van der Waals surface area contributed by atoms with E-state index in [1.54, 1.807) is 0 Å². The maximum Gasteiger partial charge on any atom is 0.0765 e. The van der Waals surface area contributed by atoms with Crippen molar-refractivity contribution in [2.75, 3.05) is 0 Å². The predicted molar refractivity (Wildman–Crippen MR) is 107 cm³/mol. The third-order valence-electron chi connectivity index (χ3n) is 4.25. The molecule has 0 nitrogen and oxygen atoms in total. The first-order valence-electron chi connectivity index (χ1n) is 8.50. The van der Waals surface area contributed by atoms with E-state index in [-0.39, 0.29) is 4.08 Å². The summed E-state index contributed by atoms with van der Waals surface area (Å²) >= 11 is 4.33. The van der Waals surface area contributed by atoms with Gasteiger partial charge in [0.1, 0.15) is 0 Å². The molecular weight excluding hydrogens is 316 g/mol. The molecule has 0 unspecified atom stereocenters. The largest absolute Gasteiger partial charge is 0.140 e. The van der Waals surface area contributed by atoms with E-state index in [1.165, 1.54) is 11.1 Å². The van der Waals surface area contributed by atoms with Crippen molar-refractivity contribution in [3.05, 3.63) is 71.8 Å². The van der Waals surface area contributed by atoms with Gasteiger partial charge >= 0.3 is 0 Å². The molecule has 0 heterocycles. The average Bonchev–Trinajstić information content (AvgIpc) is 3.14. The molecule has 122 valence electrons. The molecule has 0 N–H and O–H groups in total. The Labute approximate surface area is 149 Å². The Morgan fingerprint density at radius 1 is 0.652 bits per heavy atom. The third-order valence-corrected chi connectivity index (χ3v) is 7.52. The lowest BCUT2D eigenvalue weighted by Crippen LogP contribution is -2.11. The molecule has 3 rings (SSSR count). The van der Waals surface area contributed by atoms with Gasteiger partial charge in [-0.05, 0) is 11.1 Å². The molecule has 1 aliphatic carbocycles. The Balaban J connectivity index is 2.02. The first-order valence-corrected chi connectivity index (χ1v) is 10.3. The second-order valence-electron chi connectivity index (χ2n) is 6.83. The monoisotopic (exact) mass is 342 g/mol. The lowest BCUT2D eigenvalue weighted by Gasteiger charge is -2.22. The van der Waals surface area contributed by atoms with Crippen LogP contribution in [-0.4, -0.2) is 14.6 Å². The highest BCUT2D eigenvalue weighted by Crippen LogP contribution is 2.76. The van der Waals surface area contributed by atoms with Gasteiger partial charge in [0.25, 0.3) is 0 Å². The van der Waals surface area contributed by atoms with E-state index in [4.69, 9.17) is 0 Å². The molecular formula is C21H26S2. The van der Waals surface area contributed by atoms with Gasteiger partial charge in [-0.25, -0.2) is 0 Å². The number of rotatable bonds is 6. The number of hydrogen-bond donors (Lipinski definition) is 0. The molecule has 0 radical (unpaired) electrons. The fraction of sp³-hybridized carbons (Fsp3) is 0.429. The molecule has 1 fully saturated rings. The summed E-state index contributed by atoms with van der Waals surface area (Å²) in [5.74, 6) is 1.21. The van der Waals surface area contributed by atoms with Crippen LogP contribution in [0.1, 0.15) is 50.7 Å². The summed E-state index contributed by atoms with van der Waals surface area (Å²) in [5.41, 5.74) is 2.98. The second kappa shape index (κ2) is 6.94. The Morgan fingerprint density at radius 2 is 1.00 bits per heavy atom. The van der Waals surface area contributed by atoms with E-state index in [0.717, 1.165) is 0 Å². The van der Waals surface area contributed by atoms with Crippen LogP contribution < -0.4 is 0 Å². The number of benzene rings is 2. The van der Waals surface area contributed by atoms with E-state index >= 15 is 0 Å². The average molecular weight is 343 g/mol. The van der Waals surface area contributed by atoms with E-state index in [2.05, 4.69) is 112 Å². The summed E-state index contributed by atoms with van der Waals surface area (Å²) in [6, 6.07) is 22.2. The van der Waals surface area contributed by atoms with Crippen LogP contribution in [0.25, 0.3) is 0 Å². The molecule has 2 aromatic rings. The topological polar surface area (TPSA) is 0 Å². The minimum Gasteiger partial charge on any atom is -0.140 e. The standard InChI is InChI=1S/C21H26S2/c1-15(2)22-21(23-16(3)4)19(17-11-7-5-8-12-17)20(21)18-13-9-6-10-14-18/h5-16,19-20H,1-4H3/t19-,20+. The van der Waals surface area contributed by atoms with Gasteiger partial charge in [-0.3, -0.25) is 0 Å². The van der Waals surface area contributed by atoms with E-state index in [0.29, 0.717) is 22.3 Å². The van der Waals surface area contributed by atoms with Crippen molar-refractivity contribution in [1.29, 1.82) is 0 Å². The molecule has 2 aromatic carbocycles. The zero-order valence-electron chi connectivity index (χ0n) is 14.4. The molecule has 0 spiro atoms. The summed E-state index contributed by atoms with van der Waals surface area (Å²) in [6.45, 7) is 9.32. The smallest absolute Gasteiger partial charge is 0.0765 e. The first kappa shape index (κ1) is 17.0. The zero-order chi connectivity index (χ0) is 16.4. The Kier molecular flexibility index (Phi) is 5.13. The van der Waals surface area contributed by atoms with Gasteiger partial charge < -0.3 is 0 Å². The number of thioether (sulfide) groups is 2. The van der Waals surface area contributed by atoms with Gasteiger partial charge in [-0.1, -0.05) is 88.4 Å². The Hall–Kier alpha value is -0.860. The summed E-state index contributed by atoms with van der Waals surface area (Å²) in [6.07, 6.45) is 0. The molecule has 0 amide bonds. The first-order chi connectivity index (χ1) is 11.0. The van der Waals surface area contributed by atoms with E-state index < -0.39 is 0 Å². The van der Waals surface area contributed by atoms with Gasteiger partial charge in [0.05, 0.1) is 4.08 Å². The highest BCUT2D eigenvalue weighted by Gasteiger charge is 2.66. The number of hydrogen-bond acceptors (Lipinski definition) is 2. The summed E-state index contributed by atoms with van der Waals surface area (Å²) in [4.78, 5) is 0. The molecule has 2 heteroatoms. The molecule has 23 heavy (non-hydrogen) atoms. The fourth-order valence-electron chi connectivity index (χ4n) is 3.57. The SMILES string of the molecule is CC(C)SC1(SC(C)C)[C@H](c2ccccc2)[C@@H]1c1ccccc1.